The van der Waals surface area contributed by atoms with Crippen LogP contribution in [0.1, 0.15) is 24.4 Å². The van der Waals surface area contributed by atoms with Crippen LogP contribution >= 0.6 is 0 Å². The molecule has 0 saturated carbocycles. The maximum absolute atomic E-state index is 11.6. The standard InChI is InChI=1S/C21H35N5O3S/c1-22-21(23-8-11-25-12-14-30(27,28)15-13-25)24-17-20(26-9-3-4-10-26)18-6-5-7-19(16-18)29-2/h5-7,16,20H,3-4,8-15,17H2,1-2H3,(H2,22,23,24). The molecule has 30 heavy (non-hydrogen) atoms. The van der Waals surface area contributed by atoms with Crippen LogP contribution in [0.3, 0.4) is 0 Å². The highest BCUT2D eigenvalue weighted by molar-refractivity contribution is 7.91. The molecule has 2 N–H and O–H groups in total. The monoisotopic (exact) mass is 437 g/mol. The van der Waals surface area contributed by atoms with Gasteiger partial charge in [-0.05, 0) is 43.6 Å². The van der Waals surface area contributed by atoms with E-state index < -0.39 is 9.84 Å². The van der Waals surface area contributed by atoms with E-state index in [1.165, 1.54) is 18.4 Å². The second-order valence-electron chi connectivity index (χ2n) is 7.91. The predicted molar refractivity (Wildman–Crippen MR) is 121 cm³/mol. The molecule has 8 nitrogen and oxygen atoms in total. The summed E-state index contributed by atoms with van der Waals surface area (Å²) in [6, 6.07) is 8.56. The van der Waals surface area contributed by atoms with Crippen molar-refractivity contribution in [1.29, 1.82) is 0 Å². The van der Waals surface area contributed by atoms with E-state index in [0.29, 0.717) is 13.1 Å². The molecule has 9 heteroatoms. The van der Waals surface area contributed by atoms with Crippen molar-refractivity contribution in [3.63, 3.8) is 0 Å². The van der Waals surface area contributed by atoms with Gasteiger partial charge in [0, 0.05) is 39.8 Å². The molecule has 2 aliphatic heterocycles. The summed E-state index contributed by atoms with van der Waals surface area (Å²) >= 11 is 0. The largest absolute Gasteiger partial charge is 0.497 e. The number of hydrogen-bond acceptors (Lipinski definition) is 6. The van der Waals surface area contributed by atoms with E-state index in [9.17, 15) is 8.42 Å². The molecule has 0 amide bonds. The molecular formula is C21H35N5O3S. The van der Waals surface area contributed by atoms with E-state index in [-0.39, 0.29) is 17.5 Å². The molecule has 1 atom stereocenters. The quantitative estimate of drug-likeness (QED) is 0.458. The normalized spacial score (nSPS) is 21.3. The van der Waals surface area contributed by atoms with Gasteiger partial charge < -0.3 is 15.4 Å². The van der Waals surface area contributed by atoms with E-state index in [1.54, 1.807) is 14.2 Å². The van der Waals surface area contributed by atoms with Crippen LogP contribution in [0.25, 0.3) is 0 Å². The van der Waals surface area contributed by atoms with Crippen molar-refractivity contribution in [2.75, 3.05) is 71.5 Å². The molecule has 0 aromatic heterocycles. The third kappa shape index (κ3) is 6.58. The second kappa shape index (κ2) is 11.0. The topological polar surface area (TPSA) is 86.3 Å². The van der Waals surface area contributed by atoms with Gasteiger partial charge in [0.1, 0.15) is 5.75 Å². The first-order chi connectivity index (χ1) is 14.5. The SMILES string of the molecule is CN=C(NCCN1CCS(=O)(=O)CC1)NCC(c1cccc(OC)c1)N1CCCC1. The van der Waals surface area contributed by atoms with E-state index in [0.717, 1.165) is 44.4 Å². The Morgan fingerprint density at radius 1 is 1.17 bits per heavy atom. The van der Waals surface area contributed by atoms with Gasteiger partial charge in [-0.1, -0.05) is 12.1 Å². The summed E-state index contributed by atoms with van der Waals surface area (Å²) in [7, 11) is 0.646. The lowest BCUT2D eigenvalue weighted by atomic mass is 10.1. The molecule has 2 heterocycles. The van der Waals surface area contributed by atoms with Crippen molar-refractivity contribution in [2.24, 2.45) is 4.99 Å². The van der Waals surface area contributed by atoms with Crippen LogP contribution in [-0.4, -0.2) is 95.7 Å². The van der Waals surface area contributed by atoms with Crippen LogP contribution in [0.15, 0.2) is 29.3 Å². The van der Waals surface area contributed by atoms with Crippen molar-refractivity contribution >= 4 is 15.8 Å². The third-order valence-corrected chi connectivity index (χ3v) is 7.51. The fraction of sp³-hybridized carbons (Fsp3) is 0.667. The highest BCUT2D eigenvalue weighted by atomic mass is 32.2. The lowest BCUT2D eigenvalue weighted by molar-refractivity contribution is 0.244. The molecule has 0 spiro atoms. The van der Waals surface area contributed by atoms with Crippen LogP contribution in [0.5, 0.6) is 5.75 Å². The molecule has 0 radical (unpaired) electrons. The summed E-state index contributed by atoms with van der Waals surface area (Å²) in [6.07, 6.45) is 2.47. The molecule has 2 fully saturated rings. The van der Waals surface area contributed by atoms with Crippen molar-refractivity contribution in [3.8, 4) is 5.75 Å². The minimum absolute atomic E-state index is 0.258. The minimum Gasteiger partial charge on any atom is -0.497 e. The van der Waals surface area contributed by atoms with Crippen LogP contribution in [0, 0.1) is 0 Å². The number of guanidine groups is 1. The first-order valence-corrected chi connectivity index (χ1v) is 12.6. The molecule has 0 bridgehead atoms. The number of hydrogen-bond donors (Lipinski definition) is 2. The predicted octanol–water partition coefficient (Wildman–Crippen LogP) is 0.728. The van der Waals surface area contributed by atoms with Gasteiger partial charge in [0.15, 0.2) is 15.8 Å². The van der Waals surface area contributed by atoms with E-state index in [4.69, 9.17) is 4.74 Å². The van der Waals surface area contributed by atoms with Gasteiger partial charge in [-0.2, -0.15) is 0 Å². The molecular weight excluding hydrogens is 402 g/mol. The summed E-state index contributed by atoms with van der Waals surface area (Å²) in [5.74, 6) is 2.17. The fourth-order valence-corrected chi connectivity index (χ4v) is 5.36. The smallest absolute Gasteiger partial charge is 0.191 e. The van der Waals surface area contributed by atoms with Crippen LogP contribution in [0.2, 0.25) is 0 Å². The molecule has 1 aromatic carbocycles. The molecule has 1 unspecified atom stereocenters. The molecule has 2 aliphatic rings. The Morgan fingerprint density at radius 2 is 1.90 bits per heavy atom. The molecule has 168 valence electrons. The number of nitrogens with one attached hydrogen (secondary N) is 2. The maximum atomic E-state index is 11.6. The number of ether oxygens (including phenoxy) is 1. The Hall–Kier alpha value is -1.84. The highest BCUT2D eigenvalue weighted by Gasteiger charge is 2.24. The Bertz CT molecular complexity index is 795. The average molecular weight is 438 g/mol. The van der Waals surface area contributed by atoms with Gasteiger partial charge in [-0.25, -0.2) is 8.42 Å². The highest BCUT2D eigenvalue weighted by Crippen LogP contribution is 2.27. The Kier molecular flexibility index (Phi) is 8.35. The molecule has 1 aromatic rings. The van der Waals surface area contributed by atoms with Crippen LogP contribution < -0.4 is 15.4 Å². The zero-order chi connectivity index (χ0) is 21.4. The van der Waals surface area contributed by atoms with Crippen molar-refractivity contribution in [3.05, 3.63) is 29.8 Å². The molecule has 0 aliphatic carbocycles. The van der Waals surface area contributed by atoms with Gasteiger partial charge >= 0.3 is 0 Å². The van der Waals surface area contributed by atoms with Gasteiger partial charge in [-0.3, -0.25) is 14.8 Å². The lowest BCUT2D eigenvalue weighted by Crippen LogP contribution is -2.47. The Morgan fingerprint density at radius 3 is 2.57 bits per heavy atom. The van der Waals surface area contributed by atoms with Gasteiger partial charge in [0.25, 0.3) is 0 Å². The summed E-state index contributed by atoms with van der Waals surface area (Å²) in [4.78, 5) is 9.06. The van der Waals surface area contributed by atoms with E-state index in [2.05, 4.69) is 37.6 Å². The third-order valence-electron chi connectivity index (χ3n) is 5.90. The number of nitrogens with zero attached hydrogens (tertiary/aromatic N) is 3. The van der Waals surface area contributed by atoms with Crippen molar-refractivity contribution < 1.29 is 13.2 Å². The van der Waals surface area contributed by atoms with Gasteiger partial charge in [0.2, 0.25) is 0 Å². The van der Waals surface area contributed by atoms with E-state index >= 15 is 0 Å². The van der Waals surface area contributed by atoms with Crippen LogP contribution in [0.4, 0.5) is 0 Å². The number of benzene rings is 1. The summed E-state index contributed by atoms with van der Waals surface area (Å²) in [5.41, 5.74) is 1.24. The first-order valence-electron chi connectivity index (χ1n) is 10.8. The second-order valence-corrected chi connectivity index (χ2v) is 10.2. The zero-order valence-electron chi connectivity index (χ0n) is 18.1. The number of rotatable bonds is 8. The van der Waals surface area contributed by atoms with E-state index in [1.807, 2.05) is 12.1 Å². The van der Waals surface area contributed by atoms with Crippen molar-refractivity contribution in [1.82, 2.24) is 20.4 Å². The summed E-state index contributed by atoms with van der Waals surface area (Å²) in [5, 5.41) is 6.84. The lowest BCUT2D eigenvalue weighted by Gasteiger charge is -2.29. The minimum atomic E-state index is -2.83. The number of sulfone groups is 1. The first kappa shape index (κ1) is 22.8. The average Bonchev–Trinajstić information content (AvgIpc) is 3.28. The van der Waals surface area contributed by atoms with Crippen LogP contribution in [-0.2, 0) is 9.84 Å². The zero-order valence-corrected chi connectivity index (χ0v) is 19.0. The maximum Gasteiger partial charge on any atom is 0.191 e. The van der Waals surface area contributed by atoms with Gasteiger partial charge in [0.05, 0.1) is 24.7 Å². The summed E-state index contributed by atoms with van der Waals surface area (Å²) < 4.78 is 28.5. The Balaban J connectivity index is 1.51. The number of likely N-dealkylation sites (tertiary alicyclic amines) is 1. The molecule has 2 saturated heterocycles. The summed E-state index contributed by atoms with van der Waals surface area (Å²) in [6.45, 7) is 5.73. The number of methoxy groups -OCH3 is 1. The number of aliphatic imine (C=N–C) groups is 1. The Labute approximate surface area is 180 Å². The molecule has 3 rings (SSSR count). The fourth-order valence-electron chi connectivity index (χ4n) is 4.08. The van der Waals surface area contributed by atoms with Gasteiger partial charge in [-0.15, -0.1) is 0 Å². The van der Waals surface area contributed by atoms with Crippen molar-refractivity contribution in [2.45, 2.75) is 18.9 Å².